The second kappa shape index (κ2) is 5.69. The molecule has 0 amide bonds. The highest BCUT2D eigenvalue weighted by Gasteiger charge is 2.00. The summed E-state index contributed by atoms with van der Waals surface area (Å²) in [5.74, 6) is 1.30. The fraction of sp³-hybridized carbons (Fsp3) is 0.500. The zero-order chi connectivity index (χ0) is 12.1. The molecule has 88 valence electrons. The maximum Gasteiger partial charge on any atom is 0.0981 e. The van der Waals surface area contributed by atoms with E-state index in [2.05, 4.69) is 50.9 Å². The molecular formula is C14H22N2. The molecule has 0 bridgehead atoms. The van der Waals surface area contributed by atoms with Crippen LogP contribution in [-0.4, -0.2) is 12.4 Å². The van der Waals surface area contributed by atoms with Gasteiger partial charge in [0.05, 0.1) is 5.84 Å². The fourth-order valence-electron chi connectivity index (χ4n) is 1.48. The Kier molecular flexibility index (Phi) is 4.53. The smallest absolute Gasteiger partial charge is 0.0981 e. The molecule has 16 heavy (non-hydrogen) atoms. The van der Waals surface area contributed by atoms with E-state index in [4.69, 9.17) is 5.73 Å². The van der Waals surface area contributed by atoms with E-state index in [1.807, 2.05) is 0 Å². The molecule has 1 aromatic carbocycles. The summed E-state index contributed by atoms with van der Waals surface area (Å²) >= 11 is 0. The van der Waals surface area contributed by atoms with Crippen LogP contribution in [0.2, 0.25) is 0 Å². The summed E-state index contributed by atoms with van der Waals surface area (Å²) in [5, 5.41) is 0. The third-order valence-corrected chi connectivity index (χ3v) is 2.62. The number of nitrogens with zero attached hydrogens (tertiary/aromatic N) is 1. The first-order valence-electron chi connectivity index (χ1n) is 5.84. The monoisotopic (exact) mass is 218 g/mol. The lowest BCUT2D eigenvalue weighted by Gasteiger charge is -2.06. The second-order valence-corrected chi connectivity index (χ2v) is 4.82. The summed E-state index contributed by atoms with van der Waals surface area (Å²) in [6, 6.07) is 6.45. The molecule has 2 nitrogen and oxygen atoms in total. The molecule has 2 heteroatoms. The van der Waals surface area contributed by atoms with Crippen LogP contribution >= 0.6 is 0 Å². The van der Waals surface area contributed by atoms with Gasteiger partial charge in [-0.1, -0.05) is 32.0 Å². The Labute approximate surface area is 98.6 Å². The van der Waals surface area contributed by atoms with Crippen LogP contribution in [0, 0.1) is 19.8 Å². The van der Waals surface area contributed by atoms with Crippen molar-refractivity contribution in [2.75, 3.05) is 6.54 Å². The molecule has 0 aliphatic rings. The Morgan fingerprint density at radius 2 is 1.94 bits per heavy atom. The highest BCUT2D eigenvalue weighted by molar-refractivity contribution is 5.82. The molecule has 0 aliphatic carbocycles. The van der Waals surface area contributed by atoms with Crippen molar-refractivity contribution in [3.05, 3.63) is 34.9 Å². The van der Waals surface area contributed by atoms with Crippen molar-refractivity contribution in [2.24, 2.45) is 16.6 Å². The van der Waals surface area contributed by atoms with Gasteiger partial charge >= 0.3 is 0 Å². The summed E-state index contributed by atoms with van der Waals surface area (Å²) in [6.45, 7) is 9.35. The predicted octanol–water partition coefficient (Wildman–Crippen LogP) is 2.86. The number of hydrogen-bond donors (Lipinski definition) is 1. The van der Waals surface area contributed by atoms with Crippen molar-refractivity contribution in [1.82, 2.24) is 0 Å². The van der Waals surface area contributed by atoms with Gasteiger partial charge in [-0.25, -0.2) is 0 Å². The van der Waals surface area contributed by atoms with Gasteiger partial charge in [0.2, 0.25) is 0 Å². The fourth-order valence-corrected chi connectivity index (χ4v) is 1.48. The van der Waals surface area contributed by atoms with Crippen molar-refractivity contribution < 1.29 is 0 Å². The molecule has 1 rings (SSSR count). The van der Waals surface area contributed by atoms with Gasteiger partial charge in [0.1, 0.15) is 0 Å². The van der Waals surface area contributed by atoms with Crippen molar-refractivity contribution in [3.8, 4) is 0 Å². The zero-order valence-electron chi connectivity index (χ0n) is 10.7. The third kappa shape index (κ3) is 4.05. The SMILES string of the molecule is Cc1ccc(CC(N)=NCC(C)C)cc1C. The third-order valence-electron chi connectivity index (χ3n) is 2.62. The minimum absolute atomic E-state index is 0.568. The van der Waals surface area contributed by atoms with E-state index in [0.717, 1.165) is 18.8 Å². The van der Waals surface area contributed by atoms with E-state index in [9.17, 15) is 0 Å². The molecule has 0 spiro atoms. The molecule has 0 heterocycles. The minimum Gasteiger partial charge on any atom is -0.387 e. The van der Waals surface area contributed by atoms with E-state index in [1.54, 1.807) is 0 Å². The van der Waals surface area contributed by atoms with Crippen LogP contribution in [0.1, 0.15) is 30.5 Å². The Hall–Kier alpha value is -1.31. The lowest BCUT2D eigenvalue weighted by molar-refractivity contribution is 0.664. The predicted molar refractivity (Wildman–Crippen MR) is 70.9 cm³/mol. The Morgan fingerprint density at radius 1 is 1.25 bits per heavy atom. The van der Waals surface area contributed by atoms with Crippen LogP contribution in [0.5, 0.6) is 0 Å². The van der Waals surface area contributed by atoms with Crippen LogP contribution in [0.3, 0.4) is 0 Å². The normalized spacial score (nSPS) is 12.2. The molecule has 0 saturated heterocycles. The molecule has 0 fully saturated rings. The summed E-state index contributed by atoms with van der Waals surface area (Å²) in [5.41, 5.74) is 9.77. The lowest BCUT2D eigenvalue weighted by Crippen LogP contribution is -2.16. The number of aryl methyl sites for hydroxylation is 2. The van der Waals surface area contributed by atoms with E-state index in [1.165, 1.54) is 16.7 Å². The number of benzene rings is 1. The standard InChI is InChI=1S/C14H22N2/c1-10(2)9-16-14(15)8-13-6-5-11(3)12(4)7-13/h5-7,10H,8-9H2,1-4H3,(H2,15,16). The Balaban J connectivity index is 2.66. The van der Waals surface area contributed by atoms with Gasteiger partial charge < -0.3 is 5.73 Å². The van der Waals surface area contributed by atoms with Gasteiger partial charge in [-0.15, -0.1) is 0 Å². The molecule has 0 radical (unpaired) electrons. The Morgan fingerprint density at radius 3 is 2.50 bits per heavy atom. The van der Waals surface area contributed by atoms with Crippen molar-refractivity contribution in [2.45, 2.75) is 34.1 Å². The van der Waals surface area contributed by atoms with Gasteiger partial charge in [0.15, 0.2) is 0 Å². The van der Waals surface area contributed by atoms with Crippen molar-refractivity contribution >= 4 is 5.84 Å². The number of rotatable bonds is 4. The van der Waals surface area contributed by atoms with Gasteiger partial charge in [-0.2, -0.15) is 0 Å². The van der Waals surface area contributed by atoms with Crippen molar-refractivity contribution in [1.29, 1.82) is 0 Å². The molecule has 0 aromatic heterocycles. The maximum atomic E-state index is 5.89. The first-order valence-corrected chi connectivity index (χ1v) is 5.84. The summed E-state index contributed by atoms with van der Waals surface area (Å²) in [7, 11) is 0. The van der Waals surface area contributed by atoms with Crippen LogP contribution in [-0.2, 0) is 6.42 Å². The van der Waals surface area contributed by atoms with Crippen LogP contribution in [0.4, 0.5) is 0 Å². The van der Waals surface area contributed by atoms with E-state index in [0.29, 0.717) is 5.92 Å². The van der Waals surface area contributed by atoms with Gasteiger partial charge in [0.25, 0.3) is 0 Å². The molecule has 0 aliphatic heterocycles. The van der Waals surface area contributed by atoms with Crippen LogP contribution in [0.15, 0.2) is 23.2 Å². The zero-order valence-corrected chi connectivity index (χ0v) is 10.7. The van der Waals surface area contributed by atoms with Gasteiger partial charge in [-0.3, -0.25) is 4.99 Å². The molecule has 0 saturated carbocycles. The van der Waals surface area contributed by atoms with E-state index >= 15 is 0 Å². The average Bonchev–Trinajstić information content (AvgIpc) is 2.21. The molecule has 0 atom stereocenters. The van der Waals surface area contributed by atoms with Gasteiger partial charge in [0, 0.05) is 13.0 Å². The highest BCUT2D eigenvalue weighted by atomic mass is 14.8. The molecular weight excluding hydrogens is 196 g/mol. The number of nitrogens with two attached hydrogens (primary N) is 1. The topological polar surface area (TPSA) is 38.4 Å². The summed E-state index contributed by atoms with van der Waals surface area (Å²) < 4.78 is 0. The second-order valence-electron chi connectivity index (χ2n) is 4.82. The largest absolute Gasteiger partial charge is 0.387 e. The quantitative estimate of drug-likeness (QED) is 0.612. The lowest BCUT2D eigenvalue weighted by atomic mass is 10.0. The minimum atomic E-state index is 0.568. The summed E-state index contributed by atoms with van der Waals surface area (Å²) in [4.78, 5) is 4.37. The van der Waals surface area contributed by atoms with Crippen LogP contribution in [0.25, 0.3) is 0 Å². The maximum absolute atomic E-state index is 5.89. The molecule has 2 N–H and O–H groups in total. The summed E-state index contributed by atoms with van der Waals surface area (Å²) in [6.07, 6.45) is 0.758. The van der Waals surface area contributed by atoms with Crippen LogP contribution < -0.4 is 5.73 Å². The first kappa shape index (κ1) is 12.8. The molecule has 1 aromatic rings. The average molecular weight is 218 g/mol. The molecule has 0 unspecified atom stereocenters. The van der Waals surface area contributed by atoms with Gasteiger partial charge in [-0.05, 0) is 36.5 Å². The number of aliphatic imine (C=N–C) groups is 1. The van der Waals surface area contributed by atoms with E-state index < -0.39 is 0 Å². The van der Waals surface area contributed by atoms with E-state index in [-0.39, 0.29) is 0 Å². The Bertz CT molecular complexity index is 378. The van der Waals surface area contributed by atoms with Crippen molar-refractivity contribution in [3.63, 3.8) is 0 Å². The highest BCUT2D eigenvalue weighted by Crippen LogP contribution is 2.10. The number of hydrogen-bond acceptors (Lipinski definition) is 1. The first-order chi connectivity index (χ1) is 7.49. The number of amidine groups is 1.